The standard InChI is InChI=1S/C13H25BN2S/c1-13(14)8-5-4-6-10-11(7-9-13)17-12(15-2)16(10)3/h10-11H,4-9,14H2,1-3H3/b15-12+. The van der Waals surface area contributed by atoms with Crippen molar-refractivity contribution in [2.75, 3.05) is 14.1 Å². The second-order valence-corrected chi connectivity index (χ2v) is 7.50. The Kier molecular flexibility index (Phi) is 4.12. The molecule has 2 rings (SSSR count). The third kappa shape index (κ3) is 3.01. The van der Waals surface area contributed by atoms with Crippen molar-refractivity contribution in [1.29, 1.82) is 0 Å². The number of rotatable bonds is 0. The summed E-state index contributed by atoms with van der Waals surface area (Å²) in [7, 11) is 6.59. The van der Waals surface area contributed by atoms with Gasteiger partial charge in [0.15, 0.2) is 5.17 Å². The van der Waals surface area contributed by atoms with Gasteiger partial charge in [0.1, 0.15) is 7.85 Å². The summed E-state index contributed by atoms with van der Waals surface area (Å²) in [6.45, 7) is 2.44. The SMILES string of the molecule is BC1(C)CCCCC2C(CC1)S/C(=N/C)N2C. The van der Waals surface area contributed by atoms with Gasteiger partial charge in [-0.3, -0.25) is 4.99 Å². The van der Waals surface area contributed by atoms with Gasteiger partial charge in [0.25, 0.3) is 0 Å². The Labute approximate surface area is 111 Å². The Morgan fingerprint density at radius 1 is 1.35 bits per heavy atom. The first-order chi connectivity index (χ1) is 8.03. The van der Waals surface area contributed by atoms with Crippen LogP contribution in [0.3, 0.4) is 0 Å². The second kappa shape index (κ2) is 5.25. The highest BCUT2D eigenvalue weighted by molar-refractivity contribution is 8.14. The van der Waals surface area contributed by atoms with Gasteiger partial charge < -0.3 is 4.90 Å². The highest BCUT2D eigenvalue weighted by atomic mass is 32.2. The summed E-state index contributed by atoms with van der Waals surface area (Å²) in [6.07, 6.45) is 8.25. The summed E-state index contributed by atoms with van der Waals surface area (Å²) in [6, 6.07) is 0.729. The topological polar surface area (TPSA) is 15.6 Å². The number of hydrogen-bond acceptors (Lipinski definition) is 2. The molecule has 17 heavy (non-hydrogen) atoms. The van der Waals surface area contributed by atoms with E-state index < -0.39 is 0 Å². The van der Waals surface area contributed by atoms with E-state index in [1.165, 1.54) is 43.7 Å². The van der Waals surface area contributed by atoms with Crippen LogP contribution in [-0.4, -0.2) is 43.3 Å². The molecule has 1 saturated heterocycles. The molecule has 3 unspecified atom stereocenters. The van der Waals surface area contributed by atoms with Gasteiger partial charge in [0.2, 0.25) is 0 Å². The molecule has 1 heterocycles. The average molecular weight is 252 g/mol. The highest BCUT2D eigenvalue weighted by Crippen LogP contribution is 2.43. The molecular formula is C13H25BN2S. The van der Waals surface area contributed by atoms with Crippen LogP contribution in [0.4, 0.5) is 0 Å². The number of nitrogens with zero attached hydrogens (tertiary/aromatic N) is 2. The van der Waals surface area contributed by atoms with Gasteiger partial charge in [-0.2, -0.15) is 0 Å². The summed E-state index contributed by atoms with van der Waals surface area (Å²) in [5, 5.41) is 2.56. The van der Waals surface area contributed by atoms with Crippen molar-refractivity contribution >= 4 is 24.8 Å². The number of fused-ring (bicyclic) bond motifs is 1. The molecule has 1 aliphatic carbocycles. The number of aliphatic imine (C=N–C) groups is 1. The van der Waals surface area contributed by atoms with Crippen LogP contribution in [0.5, 0.6) is 0 Å². The van der Waals surface area contributed by atoms with Crippen LogP contribution < -0.4 is 0 Å². The summed E-state index contributed by atoms with van der Waals surface area (Å²) in [4.78, 5) is 6.84. The van der Waals surface area contributed by atoms with E-state index >= 15 is 0 Å². The van der Waals surface area contributed by atoms with Crippen LogP contribution in [0.1, 0.15) is 45.4 Å². The first-order valence-electron chi connectivity index (χ1n) is 6.90. The van der Waals surface area contributed by atoms with E-state index in [4.69, 9.17) is 0 Å². The second-order valence-electron chi connectivity index (χ2n) is 6.29. The normalized spacial score (nSPS) is 41.8. The zero-order valence-electron chi connectivity index (χ0n) is 11.7. The van der Waals surface area contributed by atoms with Crippen molar-refractivity contribution in [2.24, 2.45) is 4.99 Å². The molecule has 0 aromatic heterocycles. The van der Waals surface area contributed by atoms with Gasteiger partial charge in [-0.05, 0) is 12.8 Å². The van der Waals surface area contributed by atoms with Crippen molar-refractivity contribution in [3.8, 4) is 0 Å². The van der Waals surface area contributed by atoms with E-state index in [0.717, 1.165) is 11.3 Å². The molecule has 0 radical (unpaired) electrons. The zero-order chi connectivity index (χ0) is 12.5. The Balaban J connectivity index is 2.09. The van der Waals surface area contributed by atoms with Crippen molar-refractivity contribution in [2.45, 2.75) is 62.1 Å². The minimum atomic E-state index is 0.542. The Hall–Kier alpha value is -0.115. The zero-order valence-corrected chi connectivity index (χ0v) is 12.5. The molecular weight excluding hydrogens is 227 g/mol. The van der Waals surface area contributed by atoms with Crippen LogP contribution in [0, 0.1) is 0 Å². The fourth-order valence-corrected chi connectivity index (χ4v) is 4.53. The molecule has 4 heteroatoms. The lowest BCUT2D eigenvalue weighted by Crippen LogP contribution is -2.33. The number of amidine groups is 1. The molecule has 0 aromatic carbocycles. The van der Waals surface area contributed by atoms with Gasteiger partial charge in [0, 0.05) is 25.4 Å². The first kappa shape index (κ1) is 13.3. The monoisotopic (exact) mass is 252 g/mol. The van der Waals surface area contributed by atoms with Gasteiger partial charge in [-0.1, -0.05) is 49.7 Å². The lowest BCUT2D eigenvalue weighted by atomic mass is 9.64. The van der Waals surface area contributed by atoms with Gasteiger partial charge >= 0.3 is 0 Å². The number of thioether (sulfide) groups is 1. The fourth-order valence-electron chi connectivity index (χ4n) is 3.14. The maximum atomic E-state index is 4.42. The molecule has 3 atom stereocenters. The molecule has 0 amide bonds. The van der Waals surface area contributed by atoms with Crippen LogP contribution in [0.25, 0.3) is 0 Å². The lowest BCUT2D eigenvalue weighted by molar-refractivity contribution is 0.340. The summed E-state index contributed by atoms with van der Waals surface area (Å²) < 4.78 is 0. The largest absolute Gasteiger partial charge is 0.350 e. The van der Waals surface area contributed by atoms with Gasteiger partial charge in [-0.15, -0.1) is 0 Å². The molecule has 2 fully saturated rings. The highest BCUT2D eigenvalue weighted by Gasteiger charge is 2.37. The van der Waals surface area contributed by atoms with E-state index in [-0.39, 0.29) is 0 Å². The molecule has 0 spiro atoms. The molecule has 1 aliphatic heterocycles. The molecule has 0 bridgehead atoms. The third-order valence-corrected chi connectivity index (χ3v) is 5.92. The van der Waals surface area contributed by atoms with E-state index in [2.05, 4.69) is 31.7 Å². The Morgan fingerprint density at radius 3 is 2.82 bits per heavy atom. The van der Waals surface area contributed by atoms with E-state index in [1.54, 1.807) is 0 Å². The maximum Gasteiger partial charge on any atom is 0.159 e. The smallest absolute Gasteiger partial charge is 0.159 e. The third-order valence-electron chi connectivity index (χ3n) is 4.39. The van der Waals surface area contributed by atoms with Crippen LogP contribution >= 0.6 is 11.8 Å². The van der Waals surface area contributed by atoms with Crippen molar-refractivity contribution in [3.05, 3.63) is 0 Å². The Bertz CT molecular complexity index is 304. The van der Waals surface area contributed by atoms with Crippen LogP contribution in [-0.2, 0) is 0 Å². The van der Waals surface area contributed by atoms with Crippen molar-refractivity contribution < 1.29 is 0 Å². The van der Waals surface area contributed by atoms with E-state index in [1.807, 2.05) is 18.8 Å². The quantitative estimate of drug-likeness (QED) is 0.616. The summed E-state index contributed by atoms with van der Waals surface area (Å²) in [5.74, 6) is 0. The minimum Gasteiger partial charge on any atom is -0.350 e. The average Bonchev–Trinajstić information content (AvgIpc) is 2.61. The Morgan fingerprint density at radius 2 is 2.12 bits per heavy atom. The van der Waals surface area contributed by atoms with Crippen LogP contribution in [0.15, 0.2) is 4.99 Å². The number of hydrogen-bond donors (Lipinski definition) is 0. The molecule has 0 aromatic rings. The molecule has 1 saturated carbocycles. The minimum absolute atomic E-state index is 0.542. The molecule has 2 nitrogen and oxygen atoms in total. The van der Waals surface area contributed by atoms with Crippen molar-refractivity contribution in [3.63, 3.8) is 0 Å². The molecule has 2 aliphatic rings. The predicted molar refractivity (Wildman–Crippen MR) is 80.9 cm³/mol. The van der Waals surface area contributed by atoms with Gasteiger partial charge in [0.05, 0.1) is 0 Å². The van der Waals surface area contributed by atoms with E-state index in [0.29, 0.717) is 5.31 Å². The fraction of sp³-hybridized carbons (Fsp3) is 0.923. The summed E-state index contributed by atoms with van der Waals surface area (Å²) in [5.41, 5.74) is 0. The van der Waals surface area contributed by atoms with Crippen molar-refractivity contribution in [1.82, 2.24) is 4.90 Å². The van der Waals surface area contributed by atoms with Crippen LogP contribution in [0.2, 0.25) is 5.31 Å². The molecule has 0 N–H and O–H groups in total. The van der Waals surface area contributed by atoms with E-state index in [9.17, 15) is 0 Å². The maximum absolute atomic E-state index is 4.42. The molecule has 96 valence electrons. The summed E-state index contributed by atoms with van der Waals surface area (Å²) >= 11 is 2.01. The predicted octanol–water partition coefficient (Wildman–Crippen LogP) is 2.55. The van der Waals surface area contributed by atoms with Gasteiger partial charge in [-0.25, -0.2) is 0 Å². The first-order valence-corrected chi connectivity index (χ1v) is 7.78. The lowest BCUT2D eigenvalue weighted by Gasteiger charge is -2.26.